The summed E-state index contributed by atoms with van der Waals surface area (Å²) in [5.41, 5.74) is 0.712. The first-order valence-corrected chi connectivity index (χ1v) is 9.93. The van der Waals surface area contributed by atoms with E-state index in [9.17, 15) is 18.0 Å². The molecule has 144 valence electrons. The van der Waals surface area contributed by atoms with Gasteiger partial charge in [0.05, 0.1) is 17.0 Å². The number of anilines is 2. The van der Waals surface area contributed by atoms with Crippen LogP contribution in [0.4, 0.5) is 11.5 Å². The summed E-state index contributed by atoms with van der Waals surface area (Å²) in [6.07, 6.45) is -0.475. The number of sulfonamides is 1. The number of amides is 1. The quantitative estimate of drug-likeness (QED) is 0.768. The van der Waals surface area contributed by atoms with E-state index < -0.39 is 28.0 Å². The lowest BCUT2D eigenvalue weighted by Gasteiger charge is -2.17. The second kappa shape index (κ2) is 7.39. The summed E-state index contributed by atoms with van der Waals surface area (Å²) in [7, 11) is -3.28. The van der Waals surface area contributed by atoms with Crippen molar-refractivity contribution in [2.24, 2.45) is 0 Å². The highest BCUT2D eigenvalue weighted by Crippen LogP contribution is 2.24. The topological polar surface area (TPSA) is 119 Å². The Kier molecular flexibility index (Phi) is 5.17. The van der Waals surface area contributed by atoms with E-state index in [0.29, 0.717) is 24.4 Å². The minimum atomic E-state index is -3.28. The molecule has 0 spiro atoms. The van der Waals surface area contributed by atoms with Gasteiger partial charge >= 0.3 is 5.97 Å². The standard InChI is InChI=1S/C17H19N3O6S/c1-11-10-15(19-26-11)18-16(21)12(2)25-17(22)13-4-6-14(7-5-13)20-8-3-9-27(20,23)24/h4-7,10,12H,3,8-9H2,1-2H3,(H,18,19,21)/t12-/m0/s1. The number of nitrogens with one attached hydrogen (secondary N) is 1. The maximum absolute atomic E-state index is 12.2. The molecule has 1 N–H and O–H groups in total. The van der Waals surface area contributed by atoms with Crippen molar-refractivity contribution in [3.05, 3.63) is 41.7 Å². The van der Waals surface area contributed by atoms with Crippen LogP contribution in [0.15, 0.2) is 34.9 Å². The van der Waals surface area contributed by atoms with Gasteiger partial charge in [0.2, 0.25) is 10.0 Å². The molecule has 0 aliphatic carbocycles. The van der Waals surface area contributed by atoms with Gasteiger partial charge in [-0.25, -0.2) is 13.2 Å². The van der Waals surface area contributed by atoms with Crippen LogP contribution in [0.3, 0.4) is 0 Å². The molecule has 1 saturated heterocycles. The molecule has 1 amide bonds. The molecule has 27 heavy (non-hydrogen) atoms. The fourth-order valence-corrected chi connectivity index (χ4v) is 4.19. The lowest BCUT2D eigenvalue weighted by atomic mass is 10.2. The highest BCUT2D eigenvalue weighted by Gasteiger charge is 2.28. The molecule has 2 aromatic rings. The van der Waals surface area contributed by atoms with Crippen LogP contribution >= 0.6 is 0 Å². The first-order valence-electron chi connectivity index (χ1n) is 8.32. The van der Waals surface area contributed by atoms with Crippen molar-refractivity contribution < 1.29 is 27.3 Å². The average Bonchev–Trinajstić information content (AvgIpc) is 3.19. The number of esters is 1. The van der Waals surface area contributed by atoms with E-state index in [1.54, 1.807) is 19.1 Å². The van der Waals surface area contributed by atoms with Crippen molar-refractivity contribution in [1.29, 1.82) is 0 Å². The third-order valence-electron chi connectivity index (χ3n) is 4.02. The van der Waals surface area contributed by atoms with Crippen molar-refractivity contribution in [2.75, 3.05) is 21.9 Å². The SMILES string of the molecule is Cc1cc(NC(=O)[C@H](C)OC(=O)c2ccc(N3CCCS3(=O)=O)cc2)no1. The van der Waals surface area contributed by atoms with Crippen LogP contribution in [0.1, 0.15) is 29.5 Å². The second-order valence-corrected chi connectivity index (χ2v) is 8.16. The van der Waals surface area contributed by atoms with Gasteiger partial charge in [0.15, 0.2) is 11.9 Å². The molecule has 10 heteroatoms. The average molecular weight is 393 g/mol. The monoisotopic (exact) mass is 393 g/mol. The number of carbonyl (C=O) groups excluding carboxylic acids is 2. The third-order valence-corrected chi connectivity index (χ3v) is 5.89. The minimum Gasteiger partial charge on any atom is -0.449 e. The summed E-state index contributed by atoms with van der Waals surface area (Å²) in [5, 5.41) is 6.11. The van der Waals surface area contributed by atoms with E-state index in [1.165, 1.54) is 29.4 Å². The van der Waals surface area contributed by atoms with Gasteiger partial charge in [-0.1, -0.05) is 5.16 Å². The number of hydrogen-bond donors (Lipinski definition) is 1. The molecule has 1 aromatic carbocycles. The lowest BCUT2D eigenvalue weighted by Crippen LogP contribution is -2.30. The zero-order valence-corrected chi connectivity index (χ0v) is 15.7. The minimum absolute atomic E-state index is 0.120. The molecule has 0 saturated carbocycles. The first-order chi connectivity index (χ1) is 12.8. The van der Waals surface area contributed by atoms with Crippen LogP contribution < -0.4 is 9.62 Å². The summed E-state index contributed by atoms with van der Waals surface area (Å²) in [6, 6.07) is 7.57. The molecule has 1 atom stereocenters. The van der Waals surface area contributed by atoms with Crippen LogP contribution in [0.5, 0.6) is 0 Å². The van der Waals surface area contributed by atoms with Gasteiger partial charge in [-0.15, -0.1) is 0 Å². The predicted molar refractivity (Wildman–Crippen MR) is 96.9 cm³/mol. The summed E-state index contributed by atoms with van der Waals surface area (Å²) < 4.78 is 35.2. The fourth-order valence-electron chi connectivity index (χ4n) is 2.63. The van der Waals surface area contributed by atoms with Crippen LogP contribution in [0.2, 0.25) is 0 Å². The largest absolute Gasteiger partial charge is 0.449 e. The van der Waals surface area contributed by atoms with Crippen molar-refractivity contribution in [1.82, 2.24) is 5.16 Å². The number of ether oxygens (including phenoxy) is 1. The van der Waals surface area contributed by atoms with Crippen LogP contribution in [-0.4, -0.2) is 43.9 Å². The predicted octanol–water partition coefficient (Wildman–Crippen LogP) is 1.71. The molecule has 0 bridgehead atoms. The van der Waals surface area contributed by atoms with Gasteiger partial charge < -0.3 is 14.6 Å². The van der Waals surface area contributed by atoms with Gasteiger partial charge in [0.1, 0.15) is 5.76 Å². The van der Waals surface area contributed by atoms with Gasteiger partial charge in [-0.2, -0.15) is 0 Å². The summed E-state index contributed by atoms with van der Waals surface area (Å²) >= 11 is 0. The molecule has 0 radical (unpaired) electrons. The van der Waals surface area contributed by atoms with Gasteiger partial charge in [-0.05, 0) is 44.5 Å². The van der Waals surface area contributed by atoms with E-state index in [-0.39, 0.29) is 17.1 Å². The highest BCUT2D eigenvalue weighted by molar-refractivity contribution is 7.93. The summed E-state index contributed by atoms with van der Waals surface area (Å²) in [5.74, 6) is -0.345. The van der Waals surface area contributed by atoms with Gasteiger partial charge in [-0.3, -0.25) is 9.10 Å². The molecule has 1 fully saturated rings. The van der Waals surface area contributed by atoms with Crippen molar-refractivity contribution >= 4 is 33.4 Å². The third kappa shape index (κ3) is 4.27. The zero-order chi connectivity index (χ0) is 19.6. The molecular formula is C17H19N3O6S. The fraction of sp³-hybridized carbons (Fsp3) is 0.353. The zero-order valence-electron chi connectivity index (χ0n) is 14.8. The molecular weight excluding hydrogens is 374 g/mol. The Balaban J connectivity index is 1.61. The van der Waals surface area contributed by atoms with Crippen LogP contribution in [0.25, 0.3) is 0 Å². The van der Waals surface area contributed by atoms with E-state index in [2.05, 4.69) is 10.5 Å². The molecule has 0 unspecified atom stereocenters. The highest BCUT2D eigenvalue weighted by atomic mass is 32.2. The number of hydrogen-bond acceptors (Lipinski definition) is 7. The van der Waals surface area contributed by atoms with Crippen molar-refractivity contribution in [3.63, 3.8) is 0 Å². The number of benzene rings is 1. The van der Waals surface area contributed by atoms with Gasteiger partial charge in [0, 0.05) is 12.6 Å². The van der Waals surface area contributed by atoms with Crippen molar-refractivity contribution in [2.45, 2.75) is 26.4 Å². The van der Waals surface area contributed by atoms with Crippen LogP contribution in [-0.2, 0) is 19.6 Å². The smallest absolute Gasteiger partial charge is 0.338 e. The normalized spacial score (nSPS) is 16.7. The Labute approximate surface area is 156 Å². The number of carbonyl (C=O) groups is 2. The van der Waals surface area contributed by atoms with E-state index in [0.717, 1.165) is 0 Å². The molecule has 9 nitrogen and oxygen atoms in total. The Hall–Kier alpha value is -2.88. The van der Waals surface area contributed by atoms with Crippen molar-refractivity contribution in [3.8, 4) is 0 Å². The second-order valence-electron chi connectivity index (χ2n) is 6.15. The maximum Gasteiger partial charge on any atom is 0.338 e. The van der Waals surface area contributed by atoms with E-state index >= 15 is 0 Å². The maximum atomic E-state index is 12.2. The lowest BCUT2D eigenvalue weighted by molar-refractivity contribution is -0.123. The number of rotatable bonds is 5. The van der Waals surface area contributed by atoms with E-state index in [4.69, 9.17) is 9.26 Å². The Morgan fingerprint density at radius 3 is 2.56 bits per heavy atom. The summed E-state index contributed by atoms with van der Waals surface area (Å²) in [6.45, 7) is 3.54. The van der Waals surface area contributed by atoms with Crippen LogP contribution in [0, 0.1) is 6.92 Å². The first kappa shape index (κ1) is 18.9. The number of aryl methyl sites for hydroxylation is 1. The molecule has 2 heterocycles. The Bertz CT molecular complexity index is 951. The number of nitrogens with zero attached hydrogens (tertiary/aromatic N) is 2. The van der Waals surface area contributed by atoms with E-state index in [1.807, 2.05) is 0 Å². The summed E-state index contributed by atoms with van der Waals surface area (Å²) in [4.78, 5) is 24.3. The number of aromatic nitrogens is 1. The Morgan fingerprint density at radius 2 is 2.00 bits per heavy atom. The molecule has 1 aliphatic rings. The molecule has 1 aliphatic heterocycles. The Morgan fingerprint density at radius 1 is 1.30 bits per heavy atom. The van der Waals surface area contributed by atoms with Gasteiger partial charge in [0.25, 0.3) is 5.91 Å². The molecule has 1 aromatic heterocycles. The molecule has 3 rings (SSSR count).